The molecule has 144 valence electrons. The number of methoxy groups -OCH3 is 1. The molecule has 0 saturated carbocycles. The number of nitrogens with one attached hydrogen (secondary N) is 1. The minimum absolute atomic E-state index is 0.273. The normalized spacial score (nSPS) is 18.4. The summed E-state index contributed by atoms with van der Waals surface area (Å²) in [7, 11) is 1.41. The highest BCUT2D eigenvalue weighted by Crippen LogP contribution is 2.41. The Labute approximate surface area is 148 Å². The number of benzene rings is 1. The van der Waals surface area contributed by atoms with Crippen LogP contribution in [-0.4, -0.2) is 56.5 Å². The van der Waals surface area contributed by atoms with Crippen molar-refractivity contribution in [2.75, 3.05) is 38.2 Å². The van der Waals surface area contributed by atoms with Crippen LogP contribution in [0.2, 0.25) is 0 Å². The number of anilines is 1. The van der Waals surface area contributed by atoms with Gasteiger partial charge in [-0.3, -0.25) is 0 Å². The quantitative estimate of drug-likeness (QED) is 0.774. The number of carboxylic acids is 1. The highest BCUT2D eigenvalue weighted by Gasteiger charge is 2.43. The van der Waals surface area contributed by atoms with Crippen LogP contribution < -0.4 is 10.2 Å². The number of hydrogen-bond donors (Lipinski definition) is 2. The predicted octanol–water partition coefficient (Wildman–Crippen LogP) is 2.30. The number of esters is 1. The van der Waals surface area contributed by atoms with E-state index in [1.165, 1.54) is 25.6 Å². The van der Waals surface area contributed by atoms with E-state index >= 15 is 0 Å². The summed E-state index contributed by atoms with van der Waals surface area (Å²) in [5.74, 6) is -3.03. The van der Waals surface area contributed by atoms with Crippen LogP contribution in [0.1, 0.15) is 23.2 Å². The SMILES string of the molecule is COC(=O)c1ccc(N2CC3(CCNCC3)C2)cc1.O=C(O)C(F)(F)F. The van der Waals surface area contributed by atoms with Gasteiger partial charge in [-0.25, -0.2) is 9.59 Å². The minimum atomic E-state index is -5.08. The molecule has 9 heteroatoms. The van der Waals surface area contributed by atoms with Gasteiger partial charge in [-0.2, -0.15) is 13.2 Å². The Bertz CT molecular complexity index is 632. The summed E-state index contributed by atoms with van der Waals surface area (Å²) < 4.78 is 36.4. The second-order valence-corrected chi connectivity index (χ2v) is 6.45. The third-order valence-corrected chi connectivity index (χ3v) is 4.61. The topological polar surface area (TPSA) is 78.9 Å². The van der Waals surface area contributed by atoms with Crippen molar-refractivity contribution in [2.45, 2.75) is 19.0 Å². The zero-order chi connectivity index (χ0) is 19.4. The number of nitrogens with zero attached hydrogens (tertiary/aromatic N) is 1. The lowest BCUT2D eigenvalue weighted by Crippen LogP contribution is -2.60. The first kappa shape index (κ1) is 20.0. The molecule has 1 aromatic carbocycles. The molecular formula is C17H21F3N2O4. The van der Waals surface area contributed by atoms with Crippen LogP contribution in [0.25, 0.3) is 0 Å². The third-order valence-electron chi connectivity index (χ3n) is 4.61. The van der Waals surface area contributed by atoms with Crippen molar-refractivity contribution in [3.05, 3.63) is 29.8 Å². The number of alkyl halides is 3. The molecular weight excluding hydrogens is 353 g/mol. The molecule has 0 bridgehead atoms. The van der Waals surface area contributed by atoms with Crippen molar-refractivity contribution in [1.82, 2.24) is 5.32 Å². The fourth-order valence-electron chi connectivity index (χ4n) is 3.15. The smallest absolute Gasteiger partial charge is 0.475 e. The van der Waals surface area contributed by atoms with E-state index in [1.807, 2.05) is 24.3 Å². The first-order valence-electron chi connectivity index (χ1n) is 8.11. The van der Waals surface area contributed by atoms with E-state index in [4.69, 9.17) is 14.6 Å². The largest absolute Gasteiger partial charge is 0.490 e. The van der Waals surface area contributed by atoms with E-state index in [0.29, 0.717) is 11.0 Å². The molecule has 0 aliphatic carbocycles. The molecule has 2 aliphatic heterocycles. The summed E-state index contributed by atoms with van der Waals surface area (Å²) in [6.07, 6.45) is -2.52. The molecule has 1 aromatic rings. The maximum atomic E-state index is 11.4. The number of rotatable bonds is 2. The Hall–Kier alpha value is -2.29. The Morgan fingerprint density at radius 3 is 2.08 bits per heavy atom. The zero-order valence-corrected chi connectivity index (χ0v) is 14.3. The van der Waals surface area contributed by atoms with Crippen molar-refractivity contribution in [3.8, 4) is 0 Å². The van der Waals surface area contributed by atoms with Crippen LogP contribution in [0.4, 0.5) is 18.9 Å². The molecule has 2 N–H and O–H groups in total. The average molecular weight is 374 g/mol. The van der Waals surface area contributed by atoms with Crippen molar-refractivity contribution >= 4 is 17.6 Å². The number of carboxylic acid groups (broad SMARTS) is 1. The van der Waals surface area contributed by atoms with Gasteiger partial charge in [0.25, 0.3) is 0 Å². The second kappa shape index (κ2) is 7.94. The highest BCUT2D eigenvalue weighted by atomic mass is 19.4. The lowest BCUT2D eigenvalue weighted by molar-refractivity contribution is -0.192. The fourth-order valence-corrected chi connectivity index (χ4v) is 3.15. The summed E-state index contributed by atoms with van der Waals surface area (Å²) in [5, 5.41) is 10.5. The van der Waals surface area contributed by atoms with Gasteiger partial charge >= 0.3 is 18.1 Å². The van der Waals surface area contributed by atoms with Gasteiger partial charge < -0.3 is 20.1 Å². The van der Waals surface area contributed by atoms with Crippen molar-refractivity contribution in [2.24, 2.45) is 5.41 Å². The van der Waals surface area contributed by atoms with Crippen LogP contribution in [0.15, 0.2) is 24.3 Å². The summed E-state index contributed by atoms with van der Waals surface area (Å²) in [6.45, 7) is 4.59. The van der Waals surface area contributed by atoms with Gasteiger partial charge in [0, 0.05) is 24.2 Å². The number of halogens is 3. The number of hydrogen-bond acceptors (Lipinski definition) is 5. The molecule has 2 fully saturated rings. The van der Waals surface area contributed by atoms with E-state index in [1.54, 1.807) is 0 Å². The van der Waals surface area contributed by atoms with E-state index in [2.05, 4.69) is 10.2 Å². The van der Waals surface area contributed by atoms with Gasteiger partial charge in [-0.1, -0.05) is 0 Å². The maximum Gasteiger partial charge on any atom is 0.490 e. The lowest BCUT2D eigenvalue weighted by Gasteiger charge is -2.53. The summed E-state index contributed by atoms with van der Waals surface area (Å²) in [6, 6.07) is 7.71. The van der Waals surface area contributed by atoms with Crippen LogP contribution in [0, 0.1) is 5.41 Å². The fraction of sp³-hybridized carbons (Fsp3) is 0.529. The lowest BCUT2D eigenvalue weighted by atomic mass is 9.72. The van der Waals surface area contributed by atoms with E-state index in [-0.39, 0.29) is 5.97 Å². The van der Waals surface area contributed by atoms with Gasteiger partial charge in [0.15, 0.2) is 0 Å². The van der Waals surface area contributed by atoms with Crippen LogP contribution in [-0.2, 0) is 9.53 Å². The van der Waals surface area contributed by atoms with Gasteiger partial charge in [0.05, 0.1) is 12.7 Å². The standard InChI is InChI=1S/C15H20N2O2.C2HF3O2/c1-19-14(18)12-2-4-13(5-3-12)17-10-15(11-17)6-8-16-9-7-15;3-2(4,5)1(6)7/h2-5,16H,6-11H2,1H3;(H,6,7). The number of carbonyl (C=O) groups is 2. The van der Waals surface area contributed by atoms with E-state index < -0.39 is 12.1 Å². The number of aliphatic carboxylic acids is 1. The average Bonchev–Trinajstić information content (AvgIpc) is 2.59. The maximum absolute atomic E-state index is 11.4. The Morgan fingerprint density at radius 2 is 1.65 bits per heavy atom. The molecule has 1 spiro atoms. The predicted molar refractivity (Wildman–Crippen MR) is 88.2 cm³/mol. The van der Waals surface area contributed by atoms with E-state index in [0.717, 1.165) is 26.2 Å². The summed E-state index contributed by atoms with van der Waals surface area (Å²) in [4.78, 5) is 22.7. The van der Waals surface area contributed by atoms with Crippen molar-refractivity contribution < 1.29 is 32.6 Å². The molecule has 6 nitrogen and oxygen atoms in total. The Morgan fingerprint density at radius 1 is 1.15 bits per heavy atom. The van der Waals surface area contributed by atoms with E-state index in [9.17, 15) is 18.0 Å². The van der Waals surface area contributed by atoms with Crippen LogP contribution >= 0.6 is 0 Å². The molecule has 0 amide bonds. The first-order chi connectivity index (χ1) is 12.2. The molecule has 0 radical (unpaired) electrons. The molecule has 2 aliphatic rings. The Balaban J connectivity index is 0.000000298. The minimum Gasteiger partial charge on any atom is -0.475 e. The zero-order valence-electron chi connectivity index (χ0n) is 14.3. The number of carbonyl (C=O) groups excluding carboxylic acids is 1. The monoisotopic (exact) mass is 374 g/mol. The molecule has 2 saturated heterocycles. The molecule has 3 rings (SSSR count). The molecule has 0 unspecified atom stereocenters. The first-order valence-corrected chi connectivity index (χ1v) is 8.11. The summed E-state index contributed by atoms with van der Waals surface area (Å²) >= 11 is 0. The number of piperidine rings is 1. The number of ether oxygens (including phenoxy) is 1. The van der Waals surface area contributed by atoms with Crippen LogP contribution in [0.3, 0.4) is 0 Å². The molecule has 0 aromatic heterocycles. The highest BCUT2D eigenvalue weighted by molar-refractivity contribution is 5.89. The molecule has 2 heterocycles. The van der Waals surface area contributed by atoms with Gasteiger partial charge in [0.2, 0.25) is 0 Å². The van der Waals surface area contributed by atoms with Gasteiger partial charge in [-0.05, 0) is 50.2 Å². The Kier molecular flexibility index (Phi) is 6.12. The molecule has 26 heavy (non-hydrogen) atoms. The van der Waals surface area contributed by atoms with Crippen LogP contribution in [0.5, 0.6) is 0 Å². The van der Waals surface area contributed by atoms with Gasteiger partial charge in [0.1, 0.15) is 0 Å². The van der Waals surface area contributed by atoms with Gasteiger partial charge in [-0.15, -0.1) is 0 Å². The third kappa shape index (κ3) is 4.87. The van der Waals surface area contributed by atoms with Crippen molar-refractivity contribution in [1.29, 1.82) is 0 Å². The molecule has 0 atom stereocenters. The van der Waals surface area contributed by atoms with Crippen molar-refractivity contribution in [3.63, 3.8) is 0 Å². The second-order valence-electron chi connectivity index (χ2n) is 6.45. The summed E-state index contributed by atoms with van der Waals surface area (Å²) in [5.41, 5.74) is 2.35.